The summed E-state index contributed by atoms with van der Waals surface area (Å²) < 4.78 is 6.33. The first-order chi connectivity index (χ1) is 14.6. The van der Waals surface area contributed by atoms with Gasteiger partial charge in [-0.1, -0.05) is 22.8 Å². The Kier molecular flexibility index (Phi) is 5.71. The molecule has 10 heteroatoms. The van der Waals surface area contributed by atoms with Crippen LogP contribution >= 0.6 is 11.6 Å². The number of aromatic nitrogens is 5. The average Bonchev–Trinajstić information content (AvgIpc) is 3.37. The molecule has 0 aliphatic carbocycles. The fourth-order valence-corrected chi connectivity index (χ4v) is 3.05. The zero-order valence-corrected chi connectivity index (χ0v) is 16.5. The minimum absolute atomic E-state index is 0.142. The van der Waals surface area contributed by atoms with Crippen LogP contribution in [-0.2, 0) is 17.8 Å². The lowest BCUT2D eigenvalue weighted by Crippen LogP contribution is -2.23. The van der Waals surface area contributed by atoms with Crippen molar-refractivity contribution in [2.24, 2.45) is 0 Å². The molecular formula is C20H17ClN6O3. The fourth-order valence-electron chi connectivity index (χ4n) is 2.89. The first-order valence-electron chi connectivity index (χ1n) is 9.14. The van der Waals surface area contributed by atoms with E-state index in [2.05, 4.69) is 25.5 Å². The van der Waals surface area contributed by atoms with Crippen LogP contribution in [0.3, 0.4) is 0 Å². The van der Waals surface area contributed by atoms with Crippen molar-refractivity contribution in [3.8, 4) is 16.9 Å². The molecule has 0 saturated carbocycles. The van der Waals surface area contributed by atoms with E-state index in [1.54, 1.807) is 49.1 Å². The molecule has 0 fully saturated rings. The van der Waals surface area contributed by atoms with Gasteiger partial charge >= 0.3 is 0 Å². The maximum absolute atomic E-state index is 12.7. The lowest BCUT2D eigenvalue weighted by atomic mass is 10.2. The van der Waals surface area contributed by atoms with E-state index in [1.807, 2.05) is 6.07 Å². The van der Waals surface area contributed by atoms with E-state index >= 15 is 0 Å². The van der Waals surface area contributed by atoms with Gasteiger partial charge in [-0.15, -0.1) is 0 Å². The Balaban J connectivity index is 1.41. The minimum Gasteiger partial charge on any atom is -0.360 e. The topological polar surface area (TPSA) is 119 Å². The molecule has 0 aromatic carbocycles. The van der Waals surface area contributed by atoms with Crippen molar-refractivity contribution < 1.29 is 9.32 Å². The molecule has 152 valence electrons. The Morgan fingerprint density at radius 1 is 1.27 bits per heavy atom. The average molecular weight is 425 g/mol. The quantitative estimate of drug-likeness (QED) is 0.470. The summed E-state index contributed by atoms with van der Waals surface area (Å²) in [6.45, 7) is 0.302. The van der Waals surface area contributed by atoms with Crippen LogP contribution in [0.2, 0.25) is 5.15 Å². The van der Waals surface area contributed by atoms with E-state index in [1.165, 1.54) is 4.68 Å². The maximum Gasteiger partial charge on any atom is 0.280 e. The van der Waals surface area contributed by atoms with Crippen LogP contribution in [0.5, 0.6) is 0 Å². The second-order valence-corrected chi connectivity index (χ2v) is 6.87. The summed E-state index contributed by atoms with van der Waals surface area (Å²) in [5.74, 6) is 0.840. The van der Waals surface area contributed by atoms with E-state index in [-0.39, 0.29) is 23.0 Å². The molecule has 4 heterocycles. The number of hydrogen-bond donors (Lipinski definition) is 2. The molecule has 0 atom stereocenters. The Morgan fingerprint density at radius 3 is 2.93 bits per heavy atom. The third-order valence-corrected chi connectivity index (χ3v) is 4.58. The van der Waals surface area contributed by atoms with Gasteiger partial charge < -0.3 is 9.84 Å². The van der Waals surface area contributed by atoms with E-state index in [9.17, 15) is 9.59 Å². The number of amides is 1. The van der Waals surface area contributed by atoms with Gasteiger partial charge in [0.05, 0.1) is 5.56 Å². The van der Waals surface area contributed by atoms with Gasteiger partial charge in [0.25, 0.3) is 5.56 Å². The predicted octanol–water partition coefficient (Wildman–Crippen LogP) is 2.51. The van der Waals surface area contributed by atoms with Gasteiger partial charge in [-0.25, -0.2) is 9.67 Å². The Morgan fingerprint density at radius 2 is 2.17 bits per heavy atom. The molecule has 0 bridgehead atoms. The molecule has 0 aliphatic heterocycles. The second kappa shape index (κ2) is 8.75. The molecule has 4 rings (SSSR count). The molecule has 0 radical (unpaired) electrons. The molecular weight excluding hydrogens is 408 g/mol. The highest BCUT2D eigenvalue weighted by Crippen LogP contribution is 2.14. The molecule has 4 aromatic rings. The van der Waals surface area contributed by atoms with Crippen molar-refractivity contribution in [3.63, 3.8) is 0 Å². The van der Waals surface area contributed by atoms with Gasteiger partial charge in [-0.2, -0.15) is 0 Å². The number of carbonyl (C=O) groups is 1. The number of pyridine rings is 2. The third-order valence-electron chi connectivity index (χ3n) is 4.40. The van der Waals surface area contributed by atoms with E-state index < -0.39 is 0 Å². The molecule has 0 saturated heterocycles. The van der Waals surface area contributed by atoms with Crippen molar-refractivity contribution in [1.29, 1.82) is 0 Å². The standard InChI is InChI=1S/C20H17ClN6O3/c21-17-9-15(30-26-17)3-4-19(28)24-10-13-5-7-23-18(8-13)27-20(29)16(12-25-27)14-2-1-6-22-11-14/h1-2,5-9,11-12,25H,3-4,10H2,(H,24,28). The number of hydrogen-bond acceptors (Lipinski definition) is 6. The Labute approximate surface area is 175 Å². The summed E-state index contributed by atoms with van der Waals surface area (Å²) in [5, 5.41) is 9.59. The van der Waals surface area contributed by atoms with Crippen LogP contribution in [0.4, 0.5) is 0 Å². The fraction of sp³-hybridized carbons (Fsp3) is 0.150. The van der Waals surface area contributed by atoms with Crippen LogP contribution in [0.15, 0.2) is 64.4 Å². The SMILES string of the molecule is O=C(CCc1cc(Cl)no1)NCc1ccnc(-n2[nH]cc(-c3cccnc3)c2=O)c1. The third kappa shape index (κ3) is 4.47. The first-order valence-corrected chi connectivity index (χ1v) is 9.52. The van der Waals surface area contributed by atoms with Crippen molar-refractivity contribution in [2.75, 3.05) is 0 Å². The second-order valence-electron chi connectivity index (χ2n) is 6.48. The summed E-state index contributed by atoms with van der Waals surface area (Å²) >= 11 is 5.69. The number of nitrogens with one attached hydrogen (secondary N) is 2. The highest BCUT2D eigenvalue weighted by atomic mass is 35.5. The van der Waals surface area contributed by atoms with Gasteiger partial charge in [0, 0.05) is 55.8 Å². The van der Waals surface area contributed by atoms with Gasteiger partial charge in [0.15, 0.2) is 11.0 Å². The lowest BCUT2D eigenvalue weighted by molar-refractivity contribution is -0.121. The van der Waals surface area contributed by atoms with Crippen LogP contribution < -0.4 is 10.9 Å². The molecule has 9 nitrogen and oxygen atoms in total. The van der Waals surface area contributed by atoms with Crippen LogP contribution in [0.25, 0.3) is 16.9 Å². The number of aryl methyl sites for hydroxylation is 1. The molecule has 4 aromatic heterocycles. The molecule has 0 unspecified atom stereocenters. The van der Waals surface area contributed by atoms with Crippen LogP contribution in [0.1, 0.15) is 17.7 Å². The largest absolute Gasteiger partial charge is 0.360 e. The summed E-state index contributed by atoms with van der Waals surface area (Å²) in [5.41, 5.74) is 1.79. The lowest BCUT2D eigenvalue weighted by Gasteiger charge is -2.07. The number of nitrogens with zero attached hydrogens (tertiary/aromatic N) is 4. The highest BCUT2D eigenvalue weighted by molar-refractivity contribution is 6.29. The number of halogens is 1. The van der Waals surface area contributed by atoms with Crippen molar-refractivity contribution >= 4 is 17.5 Å². The molecule has 2 N–H and O–H groups in total. The molecule has 30 heavy (non-hydrogen) atoms. The Hall–Kier alpha value is -3.72. The molecule has 1 amide bonds. The van der Waals surface area contributed by atoms with E-state index in [0.29, 0.717) is 35.7 Å². The summed E-state index contributed by atoms with van der Waals surface area (Å²) in [6, 6.07) is 8.67. The molecule has 0 spiro atoms. The summed E-state index contributed by atoms with van der Waals surface area (Å²) in [7, 11) is 0. The van der Waals surface area contributed by atoms with Crippen molar-refractivity contribution in [3.05, 3.63) is 81.9 Å². The van der Waals surface area contributed by atoms with Crippen molar-refractivity contribution in [2.45, 2.75) is 19.4 Å². The van der Waals surface area contributed by atoms with Crippen molar-refractivity contribution in [1.82, 2.24) is 30.2 Å². The first kappa shape index (κ1) is 19.6. The Bertz CT molecular complexity index is 1210. The van der Waals surface area contributed by atoms with Crippen LogP contribution in [0, 0.1) is 0 Å². The minimum atomic E-state index is -0.234. The summed E-state index contributed by atoms with van der Waals surface area (Å²) in [6.07, 6.45) is 7.13. The molecule has 0 aliphatic rings. The normalized spacial score (nSPS) is 10.8. The van der Waals surface area contributed by atoms with Gasteiger partial charge in [-0.05, 0) is 23.8 Å². The predicted molar refractivity (Wildman–Crippen MR) is 109 cm³/mol. The maximum atomic E-state index is 12.7. The van der Waals surface area contributed by atoms with Gasteiger partial charge in [-0.3, -0.25) is 19.7 Å². The summed E-state index contributed by atoms with van der Waals surface area (Å²) in [4.78, 5) is 33.1. The van der Waals surface area contributed by atoms with Gasteiger partial charge in [0.1, 0.15) is 5.76 Å². The number of carbonyl (C=O) groups excluding carboxylic acids is 1. The monoisotopic (exact) mass is 424 g/mol. The number of aromatic amines is 1. The number of rotatable bonds is 7. The number of H-pyrrole nitrogens is 1. The zero-order chi connectivity index (χ0) is 20.9. The smallest absolute Gasteiger partial charge is 0.280 e. The highest BCUT2D eigenvalue weighted by Gasteiger charge is 2.12. The van der Waals surface area contributed by atoms with E-state index in [4.69, 9.17) is 16.1 Å². The van der Waals surface area contributed by atoms with E-state index in [0.717, 1.165) is 5.56 Å². The van der Waals surface area contributed by atoms with Gasteiger partial charge in [0.2, 0.25) is 5.91 Å². The zero-order valence-electron chi connectivity index (χ0n) is 15.7. The van der Waals surface area contributed by atoms with Crippen LogP contribution in [-0.4, -0.2) is 30.8 Å².